The quantitative estimate of drug-likeness (QED) is 0.570. The number of hydrogen-bond acceptors (Lipinski definition) is 4. The van der Waals surface area contributed by atoms with Crippen molar-refractivity contribution >= 4 is 11.6 Å². The van der Waals surface area contributed by atoms with Crippen LogP contribution in [0, 0.1) is 0 Å². The summed E-state index contributed by atoms with van der Waals surface area (Å²) >= 11 is 0. The minimum Gasteiger partial charge on any atom is -0.349 e. The minimum absolute atomic E-state index is 0.341. The van der Waals surface area contributed by atoms with Crippen molar-refractivity contribution in [1.82, 2.24) is 25.2 Å². The lowest BCUT2D eigenvalue weighted by Gasteiger charge is -2.01. The maximum Gasteiger partial charge on any atom is 0.289 e. The molecule has 0 saturated heterocycles. The van der Waals surface area contributed by atoms with Crippen molar-refractivity contribution in [2.75, 3.05) is 0 Å². The van der Waals surface area contributed by atoms with Gasteiger partial charge in [-0.2, -0.15) is 10.2 Å². The zero-order valence-electron chi connectivity index (χ0n) is 12.8. The Morgan fingerprint density at radius 3 is 2.78 bits per heavy atom. The molecule has 0 unspecified atom stereocenters. The number of rotatable bonds is 4. The molecule has 0 aliphatic heterocycles. The number of carbonyl (C=O) groups is 1. The van der Waals surface area contributed by atoms with Crippen molar-refractivity contribution in [3.05, 3.63) is 60.2 Å². The molecule has 3 rings (SSSR count). The second kappa shape index (κ2) is 6.27. The number of aromatic nitrogens is 4. The predicted molar refractivity (Wildman–Crippen MR) is 86.9 cm³/mol. The zero-order chi connectivity index (χ0) is 16.2. The first-order chi connectivity index (χ1) is 11.1. The maximum atomic E-state index is 12.1. The molecule has 0 atom stereocenters. The highest BCUT2D eigenvalue weighted by molar-refractivity contribution is 6.00. The van der Waals surface area contributed by atoms with Crippen molar-refractivity contribution in [2.24, 2.45) is 12.1 Å². The Hall–Kier alpha value is -3.22. The van der Waals surface area contributed by atoms with Gasteiger partial charge in [0.1, 0.15) is 11.4 Å². The highest BCUT2D eigenvalue weighted by atomic mass is 16.2. The lowest BCUT2D eigenvalue weighted by atomic mass is 10.2. The molecule has 0 radical (unpaired) electrons. The number of amides is 1. The molecular weight excluding hydrogens is 292 g/mol. The summed E-state index contributed by atoms with van der Waals surface area (Å²) in [5.74, 6) is -0.341. The van der Waals surface area contributed by atoms with Gasteiger partial charge in [0.15, 0.2) is 0 Å². The molecule has 3 heterocycles. The third-order valence-corrected chi connectivity index (χ3v) is 3.45. The van der Waals surface area contributed by atoms with E-state index in [1.807, 2.05) is 49.0 Å². The molecule has 0 aliphatic carbocycles. The number of hydrogen-bond donors (Lipinski definition) is 2. The Morgan fingerprint density at radius 1 is 1.30 bits per heavy atom. The van der Waals surface area contributed by atoms with E-state index in [-0.39, 0.29) is 5.91 Å². The Kier molecular flexibility index (Phi) is 4.01. The molecule has 3 aromatic heterocycles. The van der Waals surface area contributed by atoms with Crippen LogP contribution in [0.1, 0.15) is 23.0 Å². The smallest absolute Gasteiger partial charge is 0.289 e. The van der Waals surface area contributed by atoms with E-state index in [1.54, 1.807) is 18.5 Å². The molecule has 2 N–H and O–H groups in total. The van der Waals surface area contributed by atoms with Gasteiger partial charge in [0.25, 0.3) is 5.91 Å². The first kappa shape index (κ1) is 14.7. The molecule has 116 valence electrons. The molecule has 3 aromatic rings. The van der Waals surface area contributed by atoms with Gasteiger partial charge in [0, 0.05) is 31.2 Å². The van der Waals surface area contributed by atoms with E-state index in [4.69, 9.17) is 0 Å². The van der Waals surface area contributed by atoms with E-state index in [2.05, 4.69) is 25.7 Å². The number of nitrogens with one attached hydrogen (secondary N) is 2. The lowest BCUT2D eigenvalue weighted by molar-refractivity contribution is 0.0950. The maximum absolute atomic E-state index is 12.1. The Morgan fingerprint density at radius 2 is 2.09 bits per heavy atom. The first-order valence-corrected chi connectivity index (χ1v) is 7.07. The number of H-pyrrole nitrogens is 1. The Labute approximate surface area is 133 Å². The highest BCUT2D eigenvalue weighted by Crippen LogP contribution is 2.17. The second-order valence-electron chi connectivity index (χ2n) is 5.05. The summed E-state index contributed by atoms with van der Waals surface area (Å²) in [5.41, 5.74) is 6.10. The average Bonchev–Trinajstić information content (AvgIpc) is 3.21. The molecule has 0 aromatic carbocycles. The number of aromatic amines is 1. The van der Waals surface area contributed by atoms with Crippen LogP contribution < -0.4 is 5.43 Å². The predicted octanol–water partition coefficient (Wildman–Crippen LogP) is 1.96. The van der Waals surface area contributed by atoms with Crippen LogP contribution in [0.2, 0.25) is 0 Å². The van der Waals surface area contributed by atoms with Crippen LogP contribution in [0.25, 0.3) is 11.4 Å². The monoisotopic (exact) mass is 308 g/mol. The molecular formula is C16H16N6O. The van der Waals surface area contributed by atoms with Crippen molar-refractivity contribution in [3.8, 4) is 11.4 Å². The van der Waals surface area contributed by atoms with Crippen LogP contribution in [-0.2, 0) is 7.05 Å². The third-order valence-electron chi connectivity index (χ3n) is 3.45. The summed E-state index contributed by atoms with van der Waals surface area (Å²) in [4.78, 5) is 16.1. The van der Waals surface area contributed by atoms with Crippen LogP contribution in [-0.4, -0.2) is 31.4 Å². The van der Waals surface area contributed by atoms with Gasteiger partial charge in [-0.25, -0.2) is 5.43 Å². The Balaban J connectivity index is 1.72. The third kappa shape index (κ3) is 3.18. The molecule has 0 saturated carbocycles. The number of carbonyl (C=O) groups excluding carboxylic acids is 1. The van der Waals surface area contributed by atoms with Gasteiger partial charge in [-0.3, -0.25) is 14.9 Å². The van der Waals surface area contributed by atoms with Crippen LogP contribution in [0.3, 0.4) is 0 Å². The first-order valence-electron chi connectivity index (χ1n) is 7.07. The fourth-order valence-corrected chi connectivity index (χ4v) is 2.15. The number of nitrogens with zero attached hydrogens (tertiary/aromatic N) is 4. The molecule has 7 nitrogen and oxygen atoms in total. The van der Waals surface area contributed by atoms with Crippen molar-refractivity contribution < 1.29 is 4.79 Å². The highest BCUT2D eigenvalue weighted by Gasteiger charge is 2.12. The van der Waals surface area contributed by atoms with Crippen LogP contribution in [0.5, 0.6) is 0 Å². The summed E-state index contributed by atoms with van der Waals surface area (Å²) < 4.78 is 1.93. The summed E-state index contributed by atoms with van der Waals surface area (Å²) in [5, 5.41) is 11.0. The summed E-state index contributed by atoms with van der Waals surface area (Å²) in [7, 11) is 1.92. The normalized spacial score (nSPS) is 11.5. The molecule has 0 bridgehead atoms. The van der Waals surface area contributed by atoms with Crippen molar-refractivity contribution in [3.63, 3.8) is 0 Å². The fraction of sp³-hybridized carbons (Fsp3) is 0.125. The second-order valence-corrected chi connectivity index (χ2v) is 5.05. The lowest BCUT2D eigenvalue weighted by Crippen LogP contribution is -2.19. The van der Waals surface area contributed by atoms with Crippen LogP contribution >= 0.6 is 0 Å². The molecule has 7 heteroatoms. The van der Waals surface area contributed by atoms with E-state index in [0.29, 0.717) is 17.1 Å². The SMILES string of the molecule is C/C(=N\NC(=O)c1cc(-c2cccn2C)n[nH]1)c1ccncc1. The van der Waals surface area contributed by atoms with Gasteiger partial charge in [0.05, 0.1) is 11.4 Å². The molecule has 23 heavy (non-hydrogen) atoms. The number of aryl methyl sites for hydroxylation is 1. The molecule has 0 fully saturated rings. The van der Waals surface area contributed by atoms with E-state index in [1.165, 1.54) is 0 Å². The van der Waals surface area contributed by atoms with Crippen LogP contribution in [0.15, 0.2) is 54.0 Å². The topological polar surface area (TPSA) is 88.0 Å². The number of pyridine rings is 1. The Bertz CT molecular complexity index is 846. The fourth-order valence-electron chi connectivity index (χ4n) is 2.15. The molecule has 0 aliphatic rings. The van der Waals surface area contributed by atoms with Gasteiger partial charge >= 0.3 is 0 Å². The van der Waals surface area contributed by atoms with Gasteiger partial charge in [-0.05, 0) is 37.3 Å². The van der Waals surface area contributed by atoms with Gasteiger partial charge < -0.3 is 4.57 Å². The molecule has 1 amide bonds. The largest absolute Gasteiger partial charge is 0.349 e. The minimum atomic E-state index is -0.341. The van der Waals surface area contributed by atoms with Gasteiger partial charge in [-0.1, -0.05) is 0 Å². The van der Waals surface area contributed by atoms with Gasteiger partial charge in [-0.15, -0.1) is 0 Å². The number of hydrazone groups is 1. The van der Waals surface area contributed by atoms with Crippen molar-refractivity contribution in [2.45, 2.75) is 6.92 Å². The summed E-state index contributed by atoms with van der Waals surface area (Å²) in [6.07, 6.45) is 5.28. The van der Waals surface area contributed by atoms with Gasteiger partial charge in [0.2, 0.25) is 0 Å². The average molecular weight is 308 g/mol. The molecule has 0 spiro atoms. The van der Waals surface area contributed by atoms with Crippen molar-refractivity contribution in [1.29, 1.82) is 0 Å². The van der Waals surface area contributed by atoms with E-state index in [0.717, 1.165) is 11.3 Å². The summed E-state index contributed by atoms with van der Waals surface area (Å²) in [6.45, 7) is 1.82. The van der Waals surface area contributed by atoms with Crippen LogP contribution in [0.4, 0.5) is 0 Å². The van der Waals surface area contributed by atoms with E-state index in [9.17, 15) is 4.79 Å². The zero-order valence-corrected chi connectivity index (χ0v) is 12.8. The van der Waals surface area contributed by atoms with E-state index >= 15 is 0 Å². The standard InChI is InChI=1S/C16H16N6O/c1-11(12-5-7-17-8-6-12)18-21-16(23)14-10-13(19-20-14)15-4-3-9-22(15)2/h3-10H,1-2H3,(H,19,20)(H,21,23)/b18-11+. The summed E-state index contributed by atoms with van der Waals surface area (Å²) in [6, 6.07) is 9.21. The van der Waals surface area contributed by atoms with E-state index < -0.39 is 0 Å².